The van der Waals surface area contributed by atoms with E-state index in [1.807, 2.05) is 0 Å². The van der Waals surface area contributed by atoms with Crippen LogP contribution < -0.4 is 16.0 Å². The van der Waals surface area contributed by atoms with E-state index in [0.717, 1.165) is 4.90 Å². The van der Waals surface area contributed by atoms with Gasteiger partial charge in [-0.3, -0.25) is 19.2 Å². The lowest BCUT2D eigenvalue weighted by molar-refractivity contribution is -0.202. The maximum atomic E-state index is 14.0. The Morgan fingerprint density at radius 2 is 1.78 bits per heavy atom. The molecule has 3 N–H and O–H groups in total. The van der Waals surface area contributed by atoms with Gasteiger partial charge in [-0.05, 0) is 37.6 Å². The summed E-state index contributed by atoms with van der Waals surface area (Å²) in [5, 5.41) is 2.49. The molecule has 216 valence electrons. The second kappa shape index (κ2) is 13.1. The Hall–Kier alpha value is -4.70. The third-order valence-corrected chi connectivity index (χ3v) is 5.95. The molecule has 0 radical (unpaired) electrons. The van der Waals surface area contributed by atoms with Gasteiger partial charge in [0.05, 0.1) is 23.7 Å². The van der Waals surface area contributed by atoms with Crippen LogP contribution in [-0.2, 0) is 23.9 Å². The molecule has 1 unspecified atom stereocenters. The number of anilines is 1. The first-order valence-electron chi connectivity index (χ1n) is 12.5. The summed E-state index contributed by atoms with van der Waals surface area (Å²) in [6, 6.07) is 10.6. The zero-order valence-corrected chi connectivity index (χ0v) is 22.2. The van der Waals surface area contributed by atoms with Crippen molar-refractivity contribution in [3.63, 3.8) is 0 Å². The predicted molar refractivity (Wildman–Crippen MR) is 140 cm³/mol. The molecular formula is C28H27F3N4O6. The second-order valence-electron chi connectivity index (χ2n) is 9.21. The molecule has 1 aliphatic rings. The number of hydrogen-bond acceptors (Lipinski definition) is 7. The molecule has 0 saturated heterocycles. The molecule has 2 aromatic carbocycles. The van der Waals surface area contributed by atoms with Gasteiger partial charge in [0.2, 0.25) is 5.91 Å². The van der Waals surface area contributed by atoms with E-state index >= 15 is 0 Å². The van der Waals surface area contributed by atoms with E-state index in [4.69, 9.17) is 5.73 Å². The molecule has 0 aliphatic carbocycles. The smallest absolute Gasteiger partial charge is 0.386 e. The number of nitrogens with one attached hydrogen (secondary N) is 1. The molecule has 1 atom stereocenters. The van der Waals surface area contributed by atoms with Crippen LogP contribution in [0.15, 0.2) is 48.5 Å². The number of rotatable bonds is 7. The quantitative estimate of drug-likeness (QED) is 0.294. The van der Waals surface area contributed by atoms with Crippen LogP contribution in [0.2, 0.25) is 0 Å². The van der Waals surface area contributed by atoms with Crippen molar-refractivity contribution >= 4 is 35.3 Å². The number of amides is 3. The molecule has 0 aromatic heterocycles. The number of halogens is 3. The molecule has 10 nitrogen and oxygen atoms in total. The van der Waals surface area contributed by atoms with Crippen LogP contribution in [0.25, 0.3) is 0 Å². The Balaban J connectivity index is 2.07. The van der Waals surface area contributed by atoms with Gasteiger partial charge < -0.3 is 25.6 Å². The summed E-state index contributed by atoms with van der Waals surface area (Å²) in [5.41, 5.74) is 6.20. The van der Waals surface area contributed by atoms with E-state index in [-0.39, 0.29) is 29.9 Å². The summed E-state index contributed by atoms with van der Waals surface area (Å²) in [7, 11) is 0. The van der Waals surface area contributed by atoms with E-state index < -0.39 is 60.9 Å². The Morgan fingerprint density at radius 1 is 1.10 bits per heavy atom. The van der Waals surface area contributed by atoms with Gasteiger partial charge in [0.1, 0.15) is 6.54 Å². The zero-order chi connectivity index (χ0) is 30.3. The number of ether oxygens (including phenoxy) is 1. The highest BCUT2D eigenvalue weighted by atomic mass is 19.4. The van der Waals surface area contributed by atoms with Gasteiger partial charge in [0.25, 0.3) is 11.8 Å². The fourth-order valence-electron chi connectivity index (χ4n) is 4.20. The van der Waals surface area contributed by atoms with Crippen molar-refractivity contribution in [3.8, 4) is 11.8 Å². The number of alkyl halides is 3. The minimum atomic E-state index is -5.40. The molecule has 3 amide bonds. The molecule has 2 aromatic rings. The van der Waals surface area contributed by atoms with Crippen LogP contribution in [0, 0.1) is 11.8 Å². The van der Waals surface area contributed by atoms with Crippen molar-refractivity contribution in [2.45, 2.75) is 38.5 Å². The van der Waals surface area contributed by atoms with E-state index in [2.05, 4.69) is 21.9 Å². The highest BCUT2D eigenvalue weighted by Crippen LogP contribution is 2.34. The lowest BCUT2D eigenvalue weighted by Gasteiger charge is -2.30. The largest absolute Gasteiger partial charge is 0.491 e. The maximum Gasteiger partial charge on any atom is 0.491 e. The number of nitrogens with two attached hydrogens (primary N) is 1. The SMILES string of the molecule is CC(C)N1C(=O)CN(C(CC(=O)OC(=O)C(F)(F)F)c2ccccc2)C(=O)c2cc(C#CC(=O)NCCN)ccc21. The topological polar surface area (TPSA) is 139 Å². The summed E-state index contributed by atoms with van der Waals surface area (Å²) in [5.74, 6) is -1.03. The number of benzene rings is 2. The zero-order valence-electron chi connectivity index (χ0n) is 22.2. The molecule has 0 fully saturated rings. The highest BCUT2D eigenvalue weighted by molar-refractivity contribution is 6.10. The summed E-state index contributed by atoms with van der Waals surface area (Å²) < 4.78 is 42.1. The van der Waals surface area contributed by atoms with Gasteiger partial charge in [0, 0.05) is 30.6 Å². The van der Waals surface area contributed by atoms with Crippen LogP contribution >= 0.6 is 0 Å². The van der Waals surface area contributed by atoms with Crippen molar-refractivity contribution in [1.82, 2.24) is 10.2 Å². The van der Waals surface area contributed by atoms with Crippen LogP contribution in [0.3, 0.4) is 0 Å². The standard InChI is InChI=1S/C28H27F3N4O6/c1-17(2)35-21-10-8-18(9-11-23(36)33-13-12-32)14-20(21)26(39)34(16-24(35)37)22(19-6-4-3-5-7-19)15-25(38)41-27(40)28(29,30)31/h3-8,10,14,17,22H,12-13,15-16,32H2,1-2H3,(H,33,36). The summed E-state index contributed by atoms with van der Waals surface area (Å²) in [6.45, 7) is 3.36. The molecule has 3 rings (SSSR count). The summed E-state index contributed by atoms with van der Waals surface area (Å²) >= 11 is 0. The molecular weight excluding hydrogens is 545 g/mol. The lowest BCUT2D eigenvalue weighted by atomic mass is 10.00. The van der Waals surface area contributed by atoms with Gasteiger partial charge in [-0.1, -0.05) is 36.3 Å². The number of carbonyl (C=O) groups is 5. The van der Waals surface area contributed by atoms with Gasteiger partial charge in [0.15, 0.2) is 0 Å². The number of esters is 2. The van der Waals surface area contributed by atoms with Gasteiger partial charge in [-0.15, -0.1) is 0 Å². The van der Waals surface area contributed by atoms with Crippen molar-refractivity contribution in [3.05, 3.63) is 65.2 Å². The summed E-state index contributed by atoms with van der Waals surface area (Å²) in [6.07, 6.45) is -6.25. The molecule has 41 heavy (non-hydrogen) atoms. The molecule has 0 saturated carbocycles. The molecule has 1 heterocycles. The van der Waals surface area contributed by atoms with Crippen molar-refractivity contribution in [1.29, 1.82) is 0 Å². The average Bonchev–Trinajstić information content (AvgIpc) is 3.02. The third kappa shape index (κ3) is 7.70. The van der Waals surface area contributed by atoms with Crippen LogP contribution in [0.1, 0.15) is 47.8 Å². The Bertz CT molecular complexity index is 1400. The van der Waals surface area contributed by atoms with Crippen LogP contribution in [0.4, 0.5) is 18.9 Å². The Morgan fingerprint density at radius 3 is 2.39 bits per heavy atom. The van der Waals surface area contributed by atoms with Crippen molar-refractivity contribution in [2.24, 2.45) is 5.73 Å². The van der Waals surface area contributed by atoms with E-state index in [1.54, 1.807) is 32.0 Å². The van der Waals surface area contributed by atoms with E-state index in [1.165, 1.54) is 35.2 Å². The fraction of sp³-hybridized carbons (Fsp3) is 0.321. The lowest BCUT2D eigenvalue weighted by Crippen LogP contribution is -2.44. The number of carbonyl (C=O) groups excluding carboxylic acids is 5. The van der Waals surface area contributed by atoms with Crippen LogP contribution in [-0.4, -0.2) is 66.4 Å². The summed E-state index contributed by atoms with van der Waals surface area (Å²) in [4.78, 5) is 65.4. The molecule has 13 heteroatoms. The number of nitrogens with zero attached hydrogens (tertiary/aromatic N) is 2. The monoisotopic (exact) mass is 572 g/mol. The minimum Gasteiger partial charge on any atom is -0.386 e. The first kappa shape index (κ1) is 30.8. The van der Waals surface area contributed by atoms with Crippen molar-refractivity contribution in [2.75, 3.05) is 24.5 Å². The third-order valence-electron chi connectivity index (χ3n) is 5.95. The Kier molecular flexibility index (Phi) is 9.85. The average molecular weight is 573 g/mol. The normalized spacial score (nSPS) is 14.0. The molecule has 1 aliphatic heterocycles. The maximum absolute atomic E-state index is 14.0. The first-order valence-corrected chi connectivity index (χ1v) is 12.5. The second-order valence-corrected chi connectivity index (χ2v) is 9.21. The number of hydrogen-bond donors (Lipinski definition) is 2. The predicted octanol–water partition coefficient (Wildman–Crippen LogP) is 2.07. The fourth-order valence-corrected chi connectivity index (χ4v) is 4.20. The van der Waals surface area contributed by atoms with Crippen molar-refractivity contribution < 1.29 is 41.9 Å². The first-order chi connectivity index (χ1) is 19.3. The van der Waals surface area contributed by atoms with E-state index in [0.29, 0.717) is 5.56 Å². The Labute approximate surface area is 233 Å². The molecule has 0 bridgehead atoms. The highest BCUT2D eigenvalue weighted by Gasteiger charge is 2.43. The van der Waals surface area contributed by atoms with Gasteiger partial charge in [-0.2, -0.15) is 13.2 Å². The molecule has 0 spiro atoms. The minimum absolute atomic E-state index is 0.0133. The van der Waals surface area contributed by atoms with Gasteiger partial charge >= 0.3 is 18.1 Å². The number of fused-ring (bicyclic) bond motifs is 1. The van der Waals surface area contributed by atoms with Crippen LogP contribution in [0.5, 0.6) is 0 Å². The van der Waals surface area contributed by atoms with Gasteiger partial charge in [-0.25, -0.2) is 4.79 Å². The van der Waals surface area contributed by atoms with E-state index in [9.17, 15) is 37.1 Å².